The molecule has 1 saturated heterocycles. The number of piperidine rings is 1. The number of halogens is 1. The van der Waals surface area contributed by atoms with Crippen LogP contribution in [0.2, 0.25) is 0 Å². The van der Waals surface area contributed by atoms with Gasteiger partial charge in [0.15, 0.2) is 0 Å². The molecule has 6 heteroatoms. The number of carbonyl (C=O) groups excluding carboxylic acids is 1. The number of hydrogen-bond donors (Lipinski definition) is 0. The van der Waals surface area contributed by atoms with Gasteiger partial charge < -0.3 is 13.9 Å². The van der Waals surface area contributed by atoms with E-state index >= 15 is 0 Å². The highest BCUT2D eigenvalue weighted by Gasteiger charge is 2.29. The van der Waals surface area contributed by atoms with Crippen LogP contribution in [0.25, 0.3) is 0 Å². The molecule has 1 unspecified atom stereocenters. The lowest BCUT2D eigenvalue weighted by atomic mass is 9.97. The summed E-state index contributed by atoms with van der Waals surface area (Å²) in [5, 5.41) is 0. The molecular formula is C14H16BrN3O2. The van der Waals surface area contributed by atoms with Gasteiger partial charge in [0.05, 0.1) is 10.7 Å². The second-order valence-electron chi connectivity index (χ2n) is 5.08. The monoisotopic (exact) mass is 337 g/mol. The molecular weight excluding hydrogens is 322 g/mol. The van der Waals surface area contributed by atoms with Crippen molar-refractivity contribution >= 4 is 21.8 Å². The predicted molar refractivity (Wildman–Crippen MR) is 77.5 cm³/mol. The molecule has 0 bridgehead atoms. The summed E-state index contributed by atoms with van der Waals surface area (Å²) in [5.74, 6) is 1.66. The number of nitrogens with zero attached hydrogens (tertiary/aromatic N) is 3. The quantitative estimate of drug-likeness (QED) is 0.846. The fraction of sp³-hybridized carbons (Fsp3) is 0.429. The van der Waals surface area contributed by atoms with Crippen molar-refractivity contribution in [2.24, 2.45) is 7.05 Å². The number of imidazole rings is 1. The van der Waals surface area contributed by atoms with Gasteiger partial charge in [0.1, 0.15) is 5.82 Å². The van der Waals surface area contributed by atoms with Crippen LogP contribution in [0.1, 0.15) is 35.1 Å². The normalized spacial score (nSPS) is 19.3. The molecule has 5 nitrogen and oxygen atoms in total. The minimum absolute atomic E-state index is 0.0548. The summed E-state index contributed by atoms with van der Waals surface area (Å²) < 4.78 is 8.01. The summed E-state index contributed by atoms with van der Waals surface area (Å²) in [7, 11) is 1.99. The molecule has 2 aromatic heterocycles. The summed E-state index contributed by atoms with van der Waals surface area (Å²) in [4.78, 5) is 18.7. The topological polar surface area (TPSA) is 51.3 Å². The van der Waals surface area contributed by atoms with Crippen LogP contribution in [-0.2, 0) is 7.05 Å². The van der Waals surface area contributed by atoms with Gasteiger partial charge in [-0.3, -0.25) is 4.79 Å². The van der Waals surface area contributed by atoms with Gasteiger partial charge in [-0.05, 0) is 34.8 Å². The van der Waals surface area contributed by atoms with Crippen molar-refractivity contribution in [1.82, 2.24) is 14.5 Å². The number of aromatic nitrogens is 2. The van der Waals surface area contributed by atoms with Crippen LogP contribution in [0, 0.1) is 0 Å². The van der Waals surface area contributed by atoms with Crippen LogP contribution in [0.4, 0.5) is 0 Å². The van der Waals surface area contributed by atoms with Crippen molar-refractivity contribution in [3.8, 4) is 0 Å². The number of carbonyl (C=O) groups is 1. The summed E-state index contributed by atoms with van der Waals surface area (Å²) in [5.41, 5.74) is 0. The average Bonchev–Trinajstić information content (AvgIpc) is 3.07. The Morgan fingerprint density at radius 3 is 3.05 bits per heavy atom. The molecule has 0 aromatic carbocycles. The molecule has 3 rings (SSSR count). The number of likely N-dealkylation sites (tertiary alicyclic amines) is 1. The molecule has 0 saturated carbocycles. The average molecular weight is 338 g/mol. The Morgan fingerprint density at radius 1 is 1.55 bits per heavy atom. The zero-order chi connectivity index (χ0) is 14.1. The first-order chi connectivity index (χ1) is 9.66. The van der Waals surface area contributed by atoms with E-state index in [1.165, 1.54) is 6.26 Å². The first-order valence-corrected chi connectivity index (χ1v) is 7.45. The zero-order valence-electron chi connectivity index (χ0n) is 11.3. The minimum Gasteiger partial charge on any atom is -0.458 e. The molecule has 1 aliphatic heterocycles. The fourth-order valence-corrected chi connectivity index (χ4v) is 3.10. The first-order valence-electron chi connectivity index (χ1n) is 6.66. The third kappa shape index (κ3) is 2.40. The van der Waals surface area contributed by atoms with E-state index in [2.05, 4.69) is 20.9 Å². The second-order valence-corrected chi connectivity index (χ2v) is 5.94. The van der Waals surface area contributed by atoms with Crippen LogP contribution >= 0.6 is 15.9 Å². The molecule has 106 valence electrons. The van der Waals surface area contributed by atoms with Gasteiger partial charge in [0.2, 0.25) is 5.76 Å². The van der Waals surface area contributed by atoms with Crippen LogP contribution in [-0.4, -0.2) is 33.4 Å². The molecule has 0 radical (unpaired) electrons. The Labute approximate surface area is 125 Å². The largest absolute Gasteiger partial charge is 0.458 e. The first kappa shape index (κ1) is 13.4. The SMILES string of the molecule is Cn1ccnc1C1CCCN(C(=O)c2occc2Br)C1. The molecule has 0 N–H and O–H groups in total. The molecule has 1 atom stereocenters. The summed E-state index contributed by atoms with van der Waals surface area (Å²) in [6.45, 7) is 1.46. The van der Waals surface area contributed by atoms with Crippen molar-refractivity contribution in [2.45, 2.75) is 18.8 Å². The van der Waals surface area contributed by atoms with E-state index in [0.29, 0.717) is 22.7 Å². The second kappa shape index (κ2) is 5.44. The molecule has 0 spiro atoms. The van der Waals surface area contributed by atoms with Crippen LogP contribution < -0.4 is 0 Å². The van der Waals surface area contributed by atoms with E-state index in [1.807, 2.05) is 22.7 Å². The highest BCUT2D eigenvalue weighted by molar-refractivity contribution is 9.10. The third-order valence-corrected chi connectivity index (χ3v) is 4.37. The van der Waals surface area contributed by atoms with E-state index in [9.17, 15) is 4.79 Å². The molecule has 1 amide bonds. The van der Waals surface area contributed by atoms with Gasteiger partial charge in [0.25, 0.3) is 5.91 Å². The van der Waals surface area contributed by atoms with Crippen molar-refractivity contribution in [2.75, 3.05) is 13.1 Å². The maximum atomic E-state index is 12.5. The van der Waals surface area contributed by atoms with E-state index in [0.717, 1.165) is 25.2 Å². The highest BCUT2D eigenvalue weighted by atomic mass is 79.9. The Bertz CT molecular complexity index is 619. The lowest BCUT2D eigenvalue weighted by Gasteiger charge is -2.32. The number of furan rings is 1. The van der Waals surface area contributed by atoms with E-state index in [4.69, 9.17) is 4.42 Å². The van der Waals surface area contributed by atoms with Gasteiger partial charge >= 0.3 is 0 Å². The van der Waals surface area contributed by atoms with E-state index in [1.54, 1.807) is 12.3 Å². The zero-order valence-corrected chi connectivity index (χ0v) is 12.8. The molecule has 2 aromatic rings. The Balaban J connectivity index is 1.77. The van der Waals surface area contributed by atoms with Gasteiger partial charge in [-0.2, -0.15) is 0 Å². The molecule has 0 aliphatic carbocycles. The van der Waals surface area contributed by atoms with Crippen molar-refractivity contribution < 1.29 is 9.21 Å². The molecule has 1 aliphatic rings. The van der Waals surface area contributed by atoms with Crippen molar-refractivity contribution in [3.05, 3.63) is 40.8 Å². The minimum atomic E-state index is -0.0548. The smallest absolute Gasteiger partial charge is 0.290 e. The highest BCUT2D eigenvalue weighted by Crippen LogP contribution is 2.28. The molecule has 3 heterocycles. The van der Waals surface area contributed by atoms with E-state index < -0.39 is 0 Å². The molecule has 20 heavy (non-hydrogen) atoms. The lowest BCUT2D eigenvalue weighted by Crippen LogP contribution is -2.39. The predicted octanol–water partition coefficient (Wildman–Crippen LogP) is 2.80. The fourth-order valence-electron chi connectivity index (χ4n) is 2.73. The maximum absolute atomic E-state index is 12.5. The Morgan fingerprint density at radius 2 is 2.40 bits per heavy atom. The summed E-state index contributed by atoms with van der Waals surface area (Å²) >= 11 is 3.34. The number of amides is 1. The van der Waals surface area contributed by atoms with Gasteiger partial charge in [-0.1, -0.05) is 0 Å². The van der Waals surface area contributed by atoms with Gasteiger partial charge in [-0.15, -0.1) is 0 Å². The standard InChI is InChI=1S/C14H16BrN3O2/c1-17-7-5-16-13(17)10-3-2-6-18(9-10)14(19)12-11(15)4-8-20-12/h4-5,7-8,10H,2-3,6,9H2,1H3. The van der Waals surface area contributed by atoms with Gasteiger partial charge in [0, 0.05) is 38.4 Å². The Kier molecular flexibility index (Phi) is 3.65. The summed E-state index contributed by atoms with van der Waals surface area (Å²) in [6, 6.07) is 1.74. The van der Waals surface area contributed by atoms with Crippen LogP contribution in [0.15, 0.2) is 33.6 Å². The maximum Gasteiger partial charge on any atom is 0.290 e. The number of hydrogen-bond acceptors (Lipinski definition) is 3. The Hall–Kier alpha value is -1.56. The number of rotatable bonds is 2. The van der Waals surface area contributed by atoms with E-state index in [-0.39, 0.29) is 5.91 Å². The van der Waals surface area contributed by atoms with Crippen molar-refractivity contribution in [3.63, 3.8) is 0 Å². The van der Waals surface area contributed by atoms with Gasteiger partial charge in [-0.25, -0.2) is 4.98 Å². The van der Waals surface area contributed by atoms with Crippen LogP contribution in [0.3, 0.4) is 0 Å². The van der Waals surface area contributed by atoms with Crippen molar-refractivity contribution in [1.29, 1.82) is 0 Å². The summed E-state index contributed by atoms with van der Waals surface area (Å²) in [6.07, 6.45) is 7.32. The third-order valence-electron chi connectivity index (χ3n) is 3.74. The molecule has 1 fully saturated rings. The lowest BCUT2D eigenvalue weighted by molar-refractivity contribution is 0.0670. The number of aryl methyl sites for hydroxylation is 1. The van der Waals surface area contributed by atoms with Crippen LogP contribution in [0.5, 0.6) is 0 Å².